The number of halogens is 2. The van der Waals surface area contributed by atoms with Crippen molar-refractivity contribution in [1.29, 1.82) is 0 Å². The van der Waals surface area contributed by atoms with Crippen LogP contribution in [0.25, 0.3) is 0 Å². The third kappa shape index (κ3) is 2.01. The van der Waals surface area contributed by atoms with E-state index in [1.54, 1.807) is 0 Å². The van der Waals surface area contributed by atoms with E-state index < -0.39 is 0 Å². The highest BCUT2D eigenvalue weighted by Gasteiger charge is 2.53. The maximum Gasteiger partial charge on any atom is 0.0701 e. The van der Waals surface area contributed by atoms with Crippen molar-refractivity contribution >= 4 is 38.9 Å². The van der Waals surface area contributed by atoms with Crippen LogP contribution >= 0.6 is 38.9 Å². The summed E-state index contributed by atoms with van der Waals surface area (Å²) in [6.07, 6.45) is 5.42. The van der Waals surface area contributed by atoms with E-state index in [1.807, 2.05) is 11.3 Å². The van der Waals surface area contributed by atoms with Gasteiger partial charge in [0, 0.05) is 10.8 Å². The summed E-state index contributed by atoms with van der Waals surface area (Å²) >= 11 is 11.6. The summed E-state index contributed by atoms with van der Waals surface area (Å²) in [6.45, 7) is 0. The molecule has 2 fully saturated rings. The predicted octanol–water partition coefficient (Wildman–Crippen LogP) is 4.71. The van der Waals surface area contributed by atoms with Crippen molar-refractivity contribution in [3.63, 3.8) is 0 Å². The molecule has 3 heteroatoms. The lowest BCUT2D eigenvalue weighted by Gasteiger charge is -2.27. The molecule has 2 aliphatic carbocycles. The van der Waals surface area contributed by atoms with E-state index in [2.05, 4.69) is 28.1 Å². The fourth-order valence-corrected chi connectivity index (χ4v) is 5.09. The van der Waals surface area contributed by atoms with E-state index >= 15 is 0 Å². The minimum Gasteiger partial charge on any atom is -0.133 e. The van der Waals surface area contributed by atoms with Gasteiger partial charge in [-0.2, -0.15) is 0 Å². The van der Waals surface area contributed by atoms with Crippen molar-refractivity contribution in [1.82, 2.24) is 0 Å². The Morgan fingerprint density at radius 2 is 2.13 bits per heavy atom. The molecule has 2 atom stereocenters. The van der Waals surface area contributed by atoms with Gasteiger partial charge in [0.25, 0.3) is 0 Å². The summed E-state index contributed by atoms with van der Waals surface area (Å²) in [6, 6.07) is 4.39. The van der Waals surface area contributed by atoms with E-state index in [0.717, 1.165) is 17.7 Å². The summed E-state index contributed by atoms with van der Waals surface area (Å²) in [5.41, 5.74) is 0.430. The monoisotopic (exact) mass is 304 g/mol. The minimum absolute atomic E-state index is 0.430. The van der Waals surface area contributed by atoms with Gasteiger partial charge in [-0.05, 0) is 71.0 Å². The Morgan fingerprint density at radius 1 is 1.40 bits per heavy atom. The molecule has 0 spiro atoms. The van der Waals surface area contributed by atoms with Gasteiger partial charge in [0.15, 0.2) is 0 Å². The van der Waals surface area contributed by atoms with E-state index in [0.29, 0.717) is 5.41 Å². The first-order chi connectivity index (χ1) is 7.21. The second-order valence-electron chi connectivity index (χ2n) is 5.18. The quantitative estimate of drug-likeness (QED) is 0.710. The molecule has 3 rings (SSSR count). The lowest BCUT2D eigenvalue weighted by Crippen LogP contribution is -2.23. The smallest absolute Gasteiger partial charge is 0.0701 e. The first kappa shape index (κ1) is 10.6. The molecule has 0 bridgehead atoms. The van der Waals surface area contributed by atoms with Gasteiger partial charge < -0.3 is 0 Å². The molecule has 0 amide bonds. The molecule has 82 valence electrons. The Balaban J connectivity index is 1.75. The third-order valence-corrected chi connectivity index (χ3v) is 6.11. The molecule has 0 aromatic carbocycles. The van der Waals surface area contributed by atoms with Crippen LogP contribution < -0.4 is 0 Å². The van der Waals surface area contributed by atoms with Gasteiger partial charge in [0.1, 0.15) is 0 Å². The lowest BCUT2D eigenvalue weighted by atomic mass is 9.81. The zero-order chi connectivity index (χ0) is 10.5. The Bertz CT molecular complexity index is 363. The first-order valence-corrected chi connectivity index (χ1v) is 7.65. The highest BCUT2D eigenvalue weighted by Crippen LogP contribution is 2.61. The molecule has 0 radical (unpaired) electrons. The number of thiophene rings is 1. The molecule has 1 aromatic heterocycles. The number of hydrogen-bond acceptors (Lipinski definition) is 1. The van der Waals surface area contributed by atoms with Crippen molar-refractivity contribution in [2.75, 3.05) is 5.88 Å². The molecule has 15 heavy (non-hydrogen) atoms. The van der Waals surface area contributed by atoms with Crippen LogP contribution in [0.4, 0.5) is 0 Å². The number of alkyl halides is 1. The maximum atomic E-state index is 6.20. The van der Waals surface area contributed by atoms with Gasteiger partial charge in [-0.1, -0.05) is 0 Å². The summed E-state index contributed by atoms with van der Waals surface area (Å²) in [4.78, 5) is 1.49. The third-order valence-electron chi connectivity index (χ3n) is 3.92. The van der Waals surface area contributed by atoms with Crippen LogP contribution in [-0.4, -0.2) is 5.88 Å². The van der Waals surface area contributed by atoms with Gasteiger partial charge in [-0.3, -0.25) is 0 Å². The molecule has 2 saturated carbocycles. The summed E-state index contributed by atoms with van der Waals surface area (Å²) in [7, 11) is 0. The molecular weight excluding hydrogens is 292 g/mol. The van der Waals surface area contributed by atoms with Crippen molar-refractivity contribution in [3.05, 3.63) is 20.8 Å². The molecule has 2 unspecified atom stereocenters. The van der Waals surface area contributed by atoms with Crippen LogP contribution in [0.5, 0.6) is 0 Å². The van der Waals surface area contributed by atoms with Crippen molar-refractivity contribution in [2.45, 2.75) is 25.7 Å². The van der Waals surface area contributed by atoms with E-state index in [4.69, 9.17) is 11.6 Å². The largest absolute Gasteiger partial charge is 0.133 e. The van der Waals surface area contributed by atoms with E-state index in [-0.39, 0.29) is 0 Å². The topological polar surface area (TPSA) is 0 Å². The van der Waals surface area contributed by atoms with Crippen molar-refractivity contribution < 1.29 is 0 Å². The molecule has 0 nitrogen and oxygen atoms in total. The molecule has 1 aromatic rings. The van der Waals surface area contributed by atoms with E-state index in [1.165, 1.54) is 34.3 Å². The van der Waals surface area contributed by atoms with Crippen LogP contribution in [0.3, 0.4) is 0 Å². The summed E-state index contributed by atoms with van der Waals surface area (Å²) in [5.74, 6) is 2.88. The fourth-order valence-electron chi connectivity index (χ4n) is 3.12. The van der Waals surface area contributed by atoms with Crippen LogP contribution in [0, 0.1) is 17.3 Å². The van der Waals surface area contributed by atoms with Crippen molar-refractivity contribution in [3.8, 4) is 0 Å². The van der Waals surface area contributed by atoms with Crippen LogP contribution in [0.2, 0.25) is 0 Å². The molecule has 2 aliphatic rings. The predicted molar refractivity (Wildman–Crippen MR) is 69.7 cm³/mol. The molecular formula is C12H14BrClS. The highest BCUT2D eigenvalue weighted by molar-refractivity contribution is 9.11. The average Bonchev–Trinajstić information content (AvgIpc) is 2.65. The van der Waals surface area contributed by atoms with Crippen LogP contribution in [-0.2, 0) is 6.42 Å². The second kappa shape index (κ2) is 3.75. The molecule has 0 N–H and O–H groups in total. The zero-order valence-electron chi connectivity index (χ0n) is 8.51. The fraction of sp³-hybridized carbons (Fsp3) is 0.667. The highest BCUT2D eigenvalue weighted by atomic mass is 79.9. The second-order valence-corrected chi connectivity index (χ2v) is 8.00. The zero-order valence-corrected chi connectivity index (χ0v) is 11.7. The molecule has 0 aliphatic heterocycles. The SMILES string of the molecule is ClCC1(Cc2ccc(Br)s2)CC2CC2C1. The van der Waals surface area contributed by atoms with Gasteiger partial charge in [0.2, 0.25) is 0 Å². The average molecular weight is 306 g/mol. The number of rotatable bonds is 3. The summed E-state index contributed by atoms with van der Waals surface area (Å²) < 4.78 is 1.24. The Hall–Kier alpha value is 0.470. The Labute approximate surface area is 108 Å². The van der Waals surface area contributed by atoms with Crippen LogP contribution in [0.1, 0.15) is 24.1 Å². The van der Waals surface area contributed by atoms with Gasteiger partial charge in [-0.25, -0.2) is 0 Å². The van der Waals surface area contributed by atoms with E-state index in [9.17, 15) is 0 Å². The van der Waals surface area contributed by atoms with Gasteiger partial charge in [0.05, 0.1) is 3.79 Å². The summed E-state index contributed by atoms with van der Waals surface area (Å²) in [5, 5.41) is 0. The standard InChI is InChI=1S/C12H14BrClS/c13-11-2-1-10(15-11)6-12(7-14)4-8-3-9(8)5-12/h1-2,8-9H,3-7H2. The Kier molecular flexibility index (Phi) is 2.65. The van der Waals surface area contributed by atoms with Crippen molar-refractivity contribution in [2.24, 2.45) is 17.3 Å². The maximum absolute atomic E-state index is 6.20. The van der Waals surface area contributed by atoms with Gasteiger partial charge in [-0.15, -0.1) is 22.9 Å². The minimum atomic E-state index is 0.430. The normalized spacial score (nSPS) is 38.0. The molecule has 1 heterocycles. The number of fused-ring (bicyclic) bond motifs is 1. The number of hydrogen-bond donors (Lipinski definition) is 0. The molecule has 0 saturated heterocycles. The first-order valence-electron chi connectivity index (χ1n) is 5.51. The van der Waals surface area contributed by atoms with Gasteiger partial charge >= 0.3 is 0 Å². The lowest BCUT2D eigenvalue weighted by molar-refractivity contribution is 0.305. The van der Waals surface area contributed by atoms with Crippen LogP contribution in [0.15, 0.2) is 15.9 Å². The Morgan fingerprint density at radius 3 is 2.67 bits per heavy atom.